The van der Waals surface area contributed by atoms with E-state index in [9.17, 15) is 0 Å². The molecule has 0 bridgehead atoms. The number of unbranched alkanes of at least 4 members (excludes halogenated alkanes) is 9. The van der Waals surface area contributed by atoms with Gasteiger partial charge in [-0.2, -0.15) is 0 Å². The summed E-state index contributed by atoms with van der Waals surface area (Å²) in [6, 6.07) is 0.231. The Kier molecular flexibility index (Phi) is 12.9. The summed E-state index contributed by atoms with van der Waals surface area (Å²) in [5.74, 6) is 0. The molecule has 0 aliphatic heterocycles. The highest BCUT2D eigenvalue weighted by molar-refractivity contribution is 4.60. The lowest BCUT2D eigenvalue weighted by atomic mass is 10.0. The molecular weight excluding hydrogens is 196 g/mol. The van der Waals surface area contributed by atoms with Gasteiger partial charge in [-0.25, -0.2) is 0 Å². The Bertz CT molecular complexity index is 126. The van der Waals surface area contributed by atoms with Gasteiger partial charge in [0, 0.05) is 12.6 Å². The lowest BCUT2D eigenvalue weighted by Gasteiger charge is -2.07. The highest BCUT2D eigenvalue weighted by Crippen LogP contribution is 2.11. The third kappa shape index (κ3) is 12.0. The molecule has 0 aromatic carbocycles. The Labute approximate surface area is 102 Å². The molecule has 0 spiro atoms. The van der Waals surface area contributed by atoms with Crippen molar-refractivity contribution >= 4 is 0 Å². The van der Waals surface area contributed by atoms with Crippen LogP contribution in [0.5, 0.6) is 0 Å². The molecule has 98 valence electrons. The van der Waals surface area contributed by atoms with Gasteiger partial charge < -0.3 is 11.5 Å². The van der Waals surface area contributed by atoms with Crippen molar-refractivity contribution in [3.8, 4) is 0 Å². The highest BCUT2D eigenvalue weighted by atomic mass is 14.7. The Morgan fingerprint density at radius 2 is 1.19 bits per heavy atom. The zero-order chi connectivity index (χ0) is 12.1. The summed E-state index contributed by atoms with van der Waals surface area (Å²) in [4.78, 5) is 0. The monoisotopic (exact) mass is 228 g/mol. The van der Waals surface area contributed by atoms with Crippen molar-refractivity contribution in [1.82, 2.24) is 0 Å². The molecule has 0 aromatic rings. The standard InChI is InChI=1S/C14H32N2/c1-2-3-4-5-6-7-8-9-10-11-12-14(16)13-15/h14H,2-13,15-16H2,1H3/t14-/m1/s1. The second-order valence-corrected chi connectivity index (χ2v) is 4.97. The van der Waals surface area contributed by atoms with Gasteiger partial charge in [0.2, 0.25) is 0 Å². The molecular formula is C14H32N2. The van der Waals surface area contributed by atoms with Crippen molar-refractivity contribution < 1.29 is 0 Å². The van der Waals surface area contributed by atoms with E-state index in [1.54, 1.807) is 0 Å². The van der Waals surface area contributed by atoms with Crippen molar-refractivity contribution in [2.45, 2.75) is 83.6 Å². The first-order chi connectivity index (χ1) is 7.81. The minimum absolute atomic E-state index is 0.231. The second-order valence-electron chi connectivity index (χ2n) is 4.97. The molecule has 4 N–H and O–H groups in total. The van der Waals surface area contributed by atoms with Crippen LogP contribution in [0.25, 0.3) is 0 Å². The molecule has 0 aliphatic carbocycles. The van der Waals surface area contributed by atoms with E-state index in [-0.39, 0.29) is 6.04 Å². The zero-order valence-corrected chi connectivity index (χ0v) is 11.2. The number of nitrogens with two attached hydrogens (primary N) is 2. The van der Waals surface area contributed by atoms with Crippen LogP contribution >= 0.6 is 0 Å². The maximum absolute atomic E-state index is 5.76. The first kappa shape index (κ1) is 15.9. The molecule has 0 unspecified atom stereocenters. The SMILES string of the molecule is CCCCCCCCCCCC[C@@H](N)CN. The normalized spacial score (nSPS) is 12.9. The fourth-order valence-electron chi connectivity index (χ4n) is 2.01. The topological polar surface area (TPSA) is 52.0 Å². The Morgan fingerprint density at radius 3 is 1.62 bits per heavy atom. The van der Waals surface area contributed by atoms with Crippen LogP contribution < -0.4 is 11.5 Å². The van der Waals surface area contributed by atoms with Crippen molar-refractivity contribution in [1.29, 1.82) is 0 Å². The third-order valence-electron chi connectivity index (χ3n) is 3.23. The van der Waals surface area contributed by atoms with Crippen LogP contribution in [-0.2, 0) is 0 Å². The average Bonchev–Trinajstić information content (AvgIpc) is 2.31. The van der Waals surface area contributed by atoms with Crippen LogP contribution in [0.15, 0.2) is 0 Å². The van der Waals surface area contributed by atoms with Crippen LogP contribution in [-0.4, -0.2) is 12.6 Å². The van der Waals surface area contributed by atoms with Gasteiger partial charge >= 0.3 is 0 Å². The summed E-state index contributed by atoms with van der Waals surface area (Å²) >= 11 is 0. The van der Waals surface area contributed by atoms with Gasteiger partial charge in [0.25, 0.3) is 0 Å². The molecule has 2 nitrogen and oxygen atoms in total. The predicted octanol–water partition coefficient (Wildman–Crippen LogP) is 3.58. The average molecular weight is 228 g/mol. The summed E-state index contributed by atoms with van der Waals surface area (Å²) in [5, 5.41) is 0. The first-order valence-electron chi connectivity index (χ1n) is 7.27. The maximum atomic E-state index is 5.76. The summed E-state index contributed by atoms with van der Waals surface area (Å²) in [7, 11) is 0. The van der Waals surface area contributed by atoms with E-state index in [1.165, 1.54) is 64.2 Å². The smallest absolute Gasteiger partial charge is 0.0163 e. The quantitative estimate of drug-likeness (QED) is 0.502. The molecule has 0 rings (SSSR count). The number of hydrogen-bond donors (Lipinski definition) is 2. The van der Waals surface area contributed by atoms with E-state index < -0.39 is 0 Å². The summed E-state index contributed by atoms with van der Waals surface area (Å²) in [6.07, 6.45) is 15.0. The van der Waals surface area contributed by atoms with Gasteiger partial charge in [-0.3, -0.25) is 0 Å². The Morgan fingerprint density at radius 1 is 0.750 bits per heavy atom. The van der Waals surface area contributed by atoms with Crippen molar-refractivity contribution in [2.75, 3.05) is 6.54 Å². The van der Waals surface area contributed by atoms with Crippen LogP contribution in [0.4, 0.5) is 0 Å². The molecule has 0 saturated carbocycles. The van der Waals surface area contributed by atoms with E-state index in [0.29, 0.717) is 6.54 Å². The van der Waals surface area contributed by atoms with E-state index in [2.05, 4.69) is 6.92 Å². The van der Waals surface area contributed by atoms with Crippen molar-refractivity contribution in [2.24, 2.45) is 11.5 Å². The predicted molar refractivity (Wildman–Crippen MR) is 73.5 cm³/mol. The van der Waals surface area contributed by atoms with Gasteiger partial charge in [-0.15, -0.1) is 0 Å². The fraction of sp³-hybridized carbons (Fsp3) is 1.00. The van der Waals surface area contributed by atoms with Crippen LogP contribution in [0.1, 0.15) is 77.6 Å². The fourth-order valence-corrected chi connectivity index (χ4v) is 2.01. The molecule has 0 fully saturated rings. The summed E-state index contributed by atoms with van der Waals surface area (Å²) < 4.78 is 0. The van der Waals surface area contributed by atoms with Crippen LogP contribution in [0.2, 0.25) is 0 Å². The molecule has 2 heteroatoms. The van der Waals surface area contributed by atoms with Gasteiger partial charge in [-0.1, -0.05) is 71.1 Å². The largest absolute Gasteiger partial charge is 0.329 e. The van der Waals surface area contributed by atoms with Gasteiger partial charge in [0.15, 0.2) is 0 Å². The van der Waals surface area contributed by atoms with Crippen LogP contribution in [0, 0.1) is 0 Å². The van der Waals surface area contributed by atoms with Crippen molar-refractivity contribution in [3.63, 3.8) is 0 Å². The lowest BCUT2D eigenvalue weighted by molar-refractivity contribution is 0.524. The van der Waals surface area contributed by atoms with Gasteiger partial charge in [-0.05, 0) is 6.42 Å². The van der Waals surface area contributed by atoms with Gasteiger partial charge in [0.05, 0.1) is 0 Å². The third-order valence-corrected chi connectivity index (χ3v) is 3.23. The van der Waals surface area contributed by atoms with E-state index >= 15 is 0 Å². The number of rotatable bonds is 12. The van der Waals surface area contributed by atoms with E-state index in [1.807, 2.05) is 0 Å². The maximum Gasteiger partial charge on any atom is 0.0163 e. The molecule has 0 amide bonds. The second kappa shape index (κ2) is 13.0. The Balaban J connectivity index is 2.93. The molecule has 0 aliphatic rings. The lowest BCUT2D eigenvalue weighted by Crippen LogP contribution is -2.29. The molecule has 0 heterocycles. The minimum atomic E-state index is 0.231. The first-order valence-corrected chi connectivity index (χ1v) is 7.27. The molecule has 0 saturated heterocycles. The zero-order valence-electron chi connectivity index (χ0n) is 11.2. The summed E-state index contributed by atoms with van der Waals surface area (Å²) in [5.41, 5.74) is 11.2. The summed E-state index contributed by atoms with van der Waals surface area (Å²) in [6.45, 7) is 2.91. The highest BCUT2D eigenvalue weighted by Gasteiger charge is 1.98. The van der Waals surface area contributed by atoms with Crippen molar-refractivity contribution in [3.05, 3.63) is 0 Å². The van der Waals surface area contributed by atoms with E-state index in [0.717, 1.165) is 6.42 Å². The minimum Gasteiger partial charge on any atom is -0.329 e. The van der Waals surface area contributed by atoms with Crippen LogP contribution in [0.3, 0.4) is 0 Å². The molecule has 0 aromatic heterocycles. The molecule has 16 heavy (non-hydrogen) atoms. The Hall–Kier alpha value is -0.0800. The van der Waals surface area contributed by atoms with E-state index in [4.69, 9.17) is 11.5 Å². The molecule has 0 radical (unpaired) electrons. The number of hydrogen-bond acceptors (Lipinski definition) is 2. The van der Waals surface area contributed by atoms with Gasteiger partial charge in [0.1, 0.15) is 0 Å². The molecule has 1 atom stereocenters.